The van der Waals surface area contributed by atoms with Crippen LogP contribution in [-0.2, 0) is 33.9 Å². The number of ether oxygens (including phenoxy) is 3. The average molecular weight is 582 g/mol. The Morgan fingerprint density at radius 1 is 1.10 bits per heavy atom. The molecule has 0 bridgehead atoms. The van der Waals surface area contributed by atoms with E-state index in [-0.39, 0.29) is 43.0 Å². The lowest BCUT2D eigenvalue weighted by Gasteiger charge is -2.39. The van der Waals surface area contributed by atoms with Crippen molar-refractivity contribution < 1.29 is 33.3 Å². The number of rotatable bonds is 10. The predicted octanol–water partition coefficient (Wildman–Crippen LogP) is 6.50. The zero-order chi connectivity index (χ0) is 28.9. The molecular formula is C32H33ClFNO6. The molecule has 2 aliphatic rings. The minimum absolute atomic E-state index is 0.0128. The van der Waals surface area contributed by atoms with Crippen LogP contribution in [0.5, 0.6) is 11.5 Å². The smallest absolute Gasteiger partial charge is 0.305 e. The number of hydrogen-bond acceptors (Lipinski definition) is 5. The number of amides is 1. The average Bonchev–Trinajstić information content (AvgIpc) is 3.49. The number of methoxy groups -OCH3 is 1. The van der Waals surface area contributed by atoms with E-state index in [4.69, 9.17) is 25.8 Å². The van der Waals surface area contributed by atoms with E-state index in [0.717, 1.165) is 42.4 Å². The molecule has 216 valence electrons. The number of nitrogens with zero attached hydrogens (tertiary/aromatic N) is 1. The summed E-state index contributed by atoms with van der Waals surface area (Å²) < 4.78 is 32.1. The van der Waals surface area contributed by atoms with Crippen LogP contribution in [-0.4, -0.2) is 41.1 Å². The summed E-state index contributed by atoms with van der Waals surface area (Å²) in [4.78, 5) is 27.8. The summed E-state index contributed by atoms with van der Waals surface area (Å²) in [6.07, 6.45) is 3.09. The maximum absolute atomic E-state index is 14.2. The van der Waals surface area contributed by atoms with Crippen molar-refractivity contribution in [2.75, 3.05) is 7.11 Å². The lowest BCUT2D eigenvalue weighted by atomic mass is 9.90. The van der Waals surface area contributed by atoms with Gasteiger partial charge in [-0.05, 0) is 54.2 Å². The second-order valence-corrected chi connectivity index (χ2v) is 10.9. The van der Waals surface area contributed by atoms with Gasteiger partial charge in [-0.1, -0.05) is 66.9 Å². The fourth-order valence-corrected chi connectivity index (χ4v) is 5.82. The van der Waals surface area contributed by atoms with E-state index < -0.39 is 23.9 Å². The highest BCUT2D eigenvalue weighted by Crippen LogP contribution is 2.40. The van der Waals surface area contributed by atoms with Crippen molar-refractivity contribution in [2.45, 2.75) is 69.9 Å². The summed E-state index contributed by atoms with van der Waals surface area (Å²) in [5.74, 6) is -0.886. The van der Waals surface area contributed by atoms with E-state index in [1.807, 2.05) is 36.4 Å². The Kier molecular flexibility index (Phi) is 9.10. The van der Waals surface area contributed by atoms with Crippen LogP contribution in [0.25, 0.3) is 0 Å². The molecule has 0 saturated heterocycles. The lowest BCUT2D eigenvalue weighted by molar-refractivity contribution is -0.153. The first kappa shape index (κ1) is 28.9. The van der Waals surface area contributed by atoms with E-state index >= 15 is 0 Å². The topological polar surface area (TPSA) is 85.3 Å². The first-order chi connectivity index (χ1) is 19.8. The Morgan fingerprint density at radius 3 is 2.54 bits per heavy atom. The van der Waals surface area contributed by atoms with Gasteiger partial charge in [0.05, 0.1) is 24.7 Å². The van der Waals surface area contributed by atoms with Crippen LogP contribution in [0.15, 0.2) is 60.7 Å². The fourth-order valence-electron chi connectivity index (χ4n) is 5.70. The Morgan fingerprint density at radius 2 is 1.85 bits per heavy atom. The highest BCUT2D eigenvalue weighted by Gasteiger charge is 2.38. The highest BCUT2D eigenvalue weighted by atomic mass is 35.5. The van der Waals surface area contributed by atoms with Crippen LogP contribution < -0.4 is 9.47 Å². The van der Waals surface area contributed by atoms with Crippen LogP contribution in [0.4, 0.5) is 4.39 Å². The minimum atomic E-state index is -1.01. The van der Waals surface area contributed by atoms with Crippen molar-refractivity contribution in [3.8, 4) is 11.5 Å². The van der Waals surface area contributed by atoms with Crippen LogP contribution >= 0.6 is 11.6 Å². The number of hydrogen-bond donors (Lipinski definition) is 1. The van der Waals surface area contributed by atoms with E-state index in [1.54, 1.807) is 17.0 Å². The minimum Gasteiger partial charge on any atom is -0.493 e. The van der Waals surface area contributed by atoms with Crippen molar-refractivity contribution in [3.63, 3.8) is 0 Å². The molecule has 1 aliphatic heterocycles. The van der Waals surface area contributed by atoms with Gasteiger partial charge in [0.15, 0.2) is 17.6 Å². The van der Waals surface area contributed by atoms with Gasteiger partial charge in [-0.15, -0.1) is 0 Å². The predicted molar refractivity (Wildman–Crippen MR) is 152 cm³/mol. The molecule has 0 aromatic heterocycles. The van der Waals surface area contributed by atoms with Crippen LogP contribution in [0.3, 0.4) is 0 Å². The van der Waals surface area contributed by atoms with Gasteiger partial charge in [0.2, 0.25) is 0 Å². The largest absolute Gasteiger partial charge is 0.493 e. The Labute approximate surface area is 243 Å². The first-order valence-corrected chi connectivity index (χ1v) is 14.2. The number of carbonyl (C=O) groups excluding carboxylic acids is 1. The number of carboxylic acid groups (broad SMARTS) is 1. The second kappa shape index (κ2) is 12.9. The summed E-state index contributed by atoms with van der Waals surface area (Å²) >= 11 is 5.82. The number of carboxylic acids is 1. The molecule has 1 saturated carbocycles. The molecular weight excluding hydrogens is 549 g/mol. The molecule has 0 unspecified atom stereocenters. The van der Waals surface area contributed by atoms with Gasteiger partial charge < -0.3 is 24.2 Å². The summed E-state index contributed by atoms with van der Waals surface area (Å²) in [6, 6.07) is 16.8. The van der Waals surface area contributed by atoms with E-state index in [1.165, 1.54) is 19.2 Å². The Bertz CT molecular complexity index is 1390. The quantitative estimate of drug-likeness (QED) is 0.294. The van der Waals surface area contributed by atoms with Gasteiger partial charge in [0.25, 0.3) is 5.91 Å². The molecule has 3 aromatic carbocycles. The number of benzene rings is 3. The molecule has 1 N–H and O–H groups in total. The molecule has 0 radical (unpaired) electrons. The first-order valence-electron chi connectivity index (χ1n) is 13.8. The SMILES string of the molecule is COc1ccc2c(c1OCc1ccc(Cl)c(F)c1)C[C@H](CC(=O)O)N(C(=O)[C@H](OC1CCCC1)c1ccccc1)C2. The summed E-state index contributed by atoms with van der Waals surface area (Å²) in [5.41, 5.74) is 2.92. The number of halogens is 2. The van der Waals surface area contributed by atoms with Gasteiger partial charge in [-0.2, -0.15) is 0 Å². The van der Waals surface area contributed by atoms with E-state index in [2.05, 4.69) is 0 Å². The maximum atomic E-state index is 14.2. The van der Waals surface area contributed by atoms with Gasteiger partial charge >= 0.3 is 5.97 Å². The monoisotopic (exact) mass is 581 g/mol. The molecule has 9 heteroatoms. The van der Waals surface area contributed by atoms with Gasteiger partial charge in [0, 0.05) is 18.2 Å². The summed E-state index contributed by atoms with van der Waals surface area (Å²) in [5, 5.41) is 9.82. The molecule has 41 heavy (non-hydrogen) atoms. The van der Waals surface area contributed by atoms with Crippen LogP contribution in [0.1, 0.15) is 60.5 Å². The normalized spacial score (nSPS) is 17.6. The van der Waals surface area contributed by atoms with Crippen molar-refractivity contribution in [1.82, 2.24) is 4.90 Å². The van der Waals surface area contributed by atoms with Crippen LogP contribution in [0.2, 0.25) is 5.02 Å². The lowest BCUT2D eigenvalue weighted by Crippen LogP contribution is -2.48. The maximum Gasteiger partial charge on any atom is 0.305 e. The standard InChI is InChI=1S/C32H33ClFNO6/c1-39-28-14-12-22-18-35(32(38)30(21-7-3-2-4-8-21)41-24-9-5-6-10-24)23(17-29(36)37)16-25(22)31(28)40-19-20-11-13-26(33)27(34)15-20/h2-4,7-8,11-15,23-24,30H,5-6,9-10,16-19H2,1H3,(H,36,37)/t23-,30-/m1/s1. The van der Waals surface area contributed by atoms with Crippen LogP contribution in [0, 0.1) is 5.82 Å². The molecule has 0 spiro atoms. The van der Waals surface area contributed by atoms with Crippen molar-refractivity contribution in [1.29, 1.82) is 0 Å². The molecule has 3 aromatic rings. The van der Waals surface area contributed by atoms with Crippen molar-refractivity contribution >= 4 is 23.5 Å². The Balaban J connectivity index is 1.46. The third kappa shape index (κ3) is 6.66. The molecule has 2 atom stereocenters. The number of aliphatic carboxylic acids is 1. The molecule has 1 aliphatic carbocycles. The summed E-state index contributed by atoms with van der Waals surface area (Å²) in [7, 11) is 1.52. The highest BCUT2D eigenvalue weighted by molar-refractivity contribution is 6.30. The zero-order valence-electron chi connectivity index (χ0n) is 22.9. The third-order valence-corrected chi connectivity index (χ3v) is 8.09. The summed E-state index contributed by atoms with van der Waals surface area (Å²) in [6.45, 7) is 0.248. The molecule has 1 heterocycles. The molecule has 1 amide bonds. The third-order valence-electron chi connectivity index (χ3n) is 7.78. The molecule has 1 fully saturated rings. The Hall–Kier alpha value is -3.62. The van der Waals surface area contributed by atoms with Crippen molar-refractivity contribution in [3.05, 3.63) is 93.8 Å². The van der Waals surface area contributed by atoms with E-state index in [0.29, 0.717) is 17.1 Å². The van der Waals surface area contributed by atoms with Gasteiger partial charge in [-0.25, -0.2) is 4.39 Å². The van der Waals surface area contributed by atoms with Gasteiger partial charge in [-0.3, -0.25) is 9.59 Å². The fraction of sp³-hybridized carbons (Fsp3) is 0.375. The molecule has 7 nitrogen and oxygen atoms in total. The zero-order valence-corrected chi connectivity index (χ0v) is 23.6. The number of fused-ring (bicyclic) bond motifs is 1. The molecule has 5 rings (SSSR count). The van der Waals surface area contributed by atoms with E-state index in [9.17, 15) is 19.1 Å². The van der Waals surface area contributed by atoms with Gasteiger partial charge in [0.1, 0.15) is 12.4 Å². The van der Waals surface area contributed by atoms with Crippen molar-refractivity contribution in [2.24, 2.45) is 0 Å². The number of carbonyl (C=O) groups is 2. The second-order valence-electron chi connectivity index (χ2n) is 10.5.